The molecule has 18 heavy (non-hydrogen) atoms. The first kappa shape index (κ1) is 12.9. The number of rotatable bonds is 3. The van der Waals surface area contributed by atoms with Crippen molar-refractivity contribution in [2.45, 2.75) is 18.9 Å². The molecule has 1 amide bonds. The van der Waals surface area contributed by atoms with Gasteiger partial charge in [-0.15, -0.1) is 0 Å². The molecule has 1 aliphatic rings. The van der Waals surface area contributed by atoms with Crippen LogP contribution in [0, 0.1) is 0 Å². The number of nitrogens with one attached hydrogen (secondary N) is 1. The van der Waals surface area contributed by atoms with Crippen molar-refractivity contribution in [2.24, 2.45) is 5.73 Å². The van der Waals surface area contributed by atoms with E-state index in [2.05, 4.69) is 10.3 Å². The fourth-order valence-corrected chi connectivity index (χ4v) is 1.90. The minimum Gasteiger partial charge on any atom is -0.389 e. The Labute approximate surface area is 111 Å². The van der Waals surface area contributed by atoms with E-state index < -0.39 is 0 Å². The van der Waals surface area contributed by atoms with Crippen molar-refractivity contribution in [2.75, 3.05) is 13.2 Å². The molecule has 1 saturated heterocycles. The van der Waals surface area contributed by atoms with Gasteiger partial charge in [-0.05, 0) is 25.5 Å². The zero-order valence-electron chi connectivity index (χ0n) is 10.1. The molecule has 0 spiro atoms. The van der Waals surface area contributed by atoms with E-state index in [4.69, 9.17) is 22.7 Å². The Kier molecular flexibility index (Phi) is 3.58. The molecule has 0 saturated carbocycles. The van der Waals surface area contributed by atoms with Crippen molar-refractivity contribution < 1.29 is 9.53 Å². The predicted octanol–water partition coefficient (Wildman–Crippen LogP) is 0.625. The van der Waals surface area contributed by atoms with E-state index in [-0.39, 0.29) is 16.4 Å². The van der Waals surface area contributed by atoms with Gasteiger partial charge in [0, 0.05) is 18.4 Å². The molecule has 0 bridgehead atoms. The zero-order valence-corrected chi connectivity index (χ0v) is 10.9. The molecule has 96 valence electrons. The maximum absolute atomic E-state index is 12.0. The Hall–Kier alpha value is -1.53. The van der Waals surface area contributed by atoms with Gasteiger partial charge in [-0.1, -0.05) is 12.2 Å². The summed E-state index contributed by atoms with van der Waals surface area (Å²) in [6.45, 7) is 3.16. The maximum atomic E-state index is 12.0. The monoisotopic (exact) mass is 265 g/mol. The predicted molar refractivity (Wildman–Crippen MR) is 71.4 cm³/mol. The SMILES string of the molecule is CC1(NC(=O)c2ccc(C(N)=S)cn2)CCOC1. The van der Waals surface area contributed by atoms with Crippen LogP contribution in [-0.2, 0) is 4.74 Å². The second-order valence-corrected chi connectivity index (χ2v) is 5.05. The highest BCUT2D eigenvalue weighted by atomic mass is 32.1. The van der Waals surface area contributed by atoms with Crippen molar-refractivity contribution >= 4 is 23.1 Å². The Balaban J connectivity index is 2.07. The Bertz CT molecular complexity index is 467. The number of amides is 1. The molecule has 1 aromatic heterocycles. The molecule has 1 aliphatic heterocycles. The molecule has 0 radical (unpaired) electrons. The summed E-state index contributed by atoms with van der Waals surface area (Å²) in [5.74, 6) is -0.211. The minimum atomic E-state index is -0.305. The topological polar surface area (TPSA) is 77.2 Å². The molecular weight excluding hydrogens is 250 g/mol. The van der Waals surface area contributed by atoms with Crippen LogP contribution in [0.25, 0.3) is 0 Å². The van der Waals surface area contributed by atoms with Crippen LogP contribution in [0.2, 0.25) is 0 Å². The van der Waals surface area contributed by atoms with Crippen LogP contribution in [0.4, 0.5) is 0 Å². The number of hydrogen-bond acceptors (Lipinski definition) is 4. The van der Waals surface area contributed by atoms with Crippen LogP contribution in [0.1, 0.15) is 29.4 Å². The average molecular weight is 265 g/mol. The molecular formula is C12H15N3O2S. The van der Waals surface area contributed by atoms with Gasteiger partial charge in [-0.3, -0.25) is 9.78 Å². The quantitative estimate of drug-likeness (QED) is 0.784. The number of nitrogens with two attached hydrogens (primary N) is 1. The number of carbonyl (C=O) groups is 1. The highest BCUT2D eigenvalue weighted by molar-refractivity contribution is 7.80. The molecule has 6 heteroatoms. The highest BCUT2D eigenvalue weighted by Gasteiger charge is 2.31. The molecule has 2 heterocycles. The lowest BCUT2D eigenvalue weighted by atomic mass is 10.0. The summed E-state index contributed by atoms with van der Waals surface area (Å²) in [6, 6.07) is 3.31. The van der Waals surface area contributed by atoms with Gasteiger partial charge in [0.25, 0.3) is 5.91 Å². The fraction of sp³-hybridized carbons (Fsp3) is 0.417. The van der Waals surface area contributed by atoms with E-state index in [1.54, 1.807) is 12.1 Å². The lowest BCUT2D eigenvalue weighted by molar-refractivity contribution is 0.0885. The van der Waals surface area contributed by atoms with Gasteiger partial charge in [0.2, 0.25) is 0 Å². The number of ether oxygens (including phenoxy) is 1. The third-order valence-corrected chi connectivity index (χ3v) is 3.15. The average Bonchev–Trinajstić information content (AvgIpc) is 2.76. The Morgan fingerprint density at radius 1 is 1.61 bits per heavy atom. The van der Waals surface area contributed by atoms with Gasteiger partial charge in [-0.2, -0.15) is 0 Å². The molecule has 1 aromatic rings. The summed E-state index contributed by atoms with van der Waals surface area (Å²) in [5.41, 5.74) is 6.16. The van der Waals surface area contributed by atoms with Crippen molar-refractivity contribution in [3.63, 3.8) is 0 Å². The van der Waals surface area contributed by atoms with Crippen LogP contribution in [0.5, 0.6) is 0 Å². The summed E-state index contributed by atoms with van der Waals surface area (Å²) in [6.07, 6.45) is 2.31. The number of nitrogens with zero attached hydrogens (tertiary/aromatic N) is 1. The van der Waals surface area contributed by atoms with Crippen molar-refractivity contribution in [3.05, 3.63) is 29.6 Å². The lowest BCUT2D eigenvalue weighted by Crippen LogP contribution is -2.46. The molecule has 1 atom stereocenters. The van der Waals surface area contributed by atoms with Crippen LogP contribution in [0.15, 0.2) is 18.3 Å². The molecule has 0 aliphatic carbocycles. The lowest BCUT2D eigenvalue weighted by Gasteiger charge is -2.23. The second-order valence-electron chi connectivity index (χ2n) is 4.61. The number of hydrogen-bond donors (Lipinski definition) is 2. The van der Waals surface area contributed by atoms with Crippen molar-refractivity contribution in [1.29, 1.82) is 0 Å². The summed E-state index contributed by atoms with van der Waals surface area (Å²) in [5, 5.41) is 2.93. The van der Waals surface area contributed by atoms with Gasteiger partial charge in [0.1, 0.15) is 10.7 Å². The van der Waals surface area contributed by atoms with Gasteiger partial charge in [-0.25, -0.2) is 0 Å². The first-order valence-electron chi connectivity index (χ1n) is 5.66. The van der Waals surface area contributed by atoms with Crippen LogP contribution in [0.3, 0.4) is 0 Å². The van der Waals surface area contributed by atoms with Gasteiger partial charge in [0.15, 0.2) is 0 Å². The summed E-state index contributed by atoms with van der Waals surface area (Å²) in [7, 11) is 0. The summed E-state index contributed by atoms with van der Waals surface area (Å²) in [4.78, 5) is 16.3. The fourth-order valence-electron chi connectivity index (χ4n) is 1.78. The highest BCUT2D eigenvalue weighted by Crippen LogP contribution is 2.17. The van der Waals surface area contributed by atoms with E-state index in [0.29, 0.717) is 24.5 Å². The second kappa shape index (κ2) is 4.99. The largest absolute Gasteiger partial charge is 0.389 e. The van der Waals surface area contributed by atoms with E-state index in [0.717, 1.165) is 6.42 Å². The Morgan fingerprint density at radius 3 is 2.89 bits per heavy atom. The zero-order chi connectivity index (χ0) is 13.2. The molecule has 0 aromatic carbocycles. The van der Waals surface area contributed by atoms with Crippen molar-refractivity contribution in [3.8, 4) is 0 Å². The van der Waals surface area contributed by atoms with Crippen LogP contribution >= 0.6 is 12.2 Å². The number of aromatic nitrogens is 1. The molecule has 5 nitrogen and oxygen atoms in total. The van der Waals surface area contributed by atoms with Crippen molar-refractivity contribution in [1.82, 2.24) is 10.3 Å². The number of carbonyl (C=O) groups excluding carboxylic acids is 1. The minimum absolute atomic E-state index is 0.211. The molecule has 3 N–H and O–H groups in total. The summed E-state index contributed by atoms with van der Waals surface area (Å²) < 4.78 is 5.28. The maximum Gasteiger partial charge on any atom is 0.270 e. The molecule has 2 rings (SSSR count). The standard InChI is InChI=1S/C12H15N3O2S/c1-12(4-5-17-7-12)15-11(16)9-3-2-8(6-14-9)10(13)18/h2-3,6H,4-5,7H2,1H3,(H2,13,18)(H,15,16). The Morgan fingerprint density at radius 2 is 2.39 bits per heavy atom. The smallest absolute Gasteiger partial charge is 0.270 e. The van der Waals surface area contributed by atoms with Gasteiger partial charge < -0.3 is 15.8 Å². The van der Waals surface area contributed by atoms with Crippen LogP contribution < -0.4 is 11.1 Å². The van der Waals surface area contributed by atoms with Crippen LogP contribution in [-0.4, -0.2) is 34.6 Å². The first-order chi connectivity index (χ1) is 8.50. The first-order valence-corrected chi connectivity index (χ1v) is 6.07. The van der Waals surface area contributed by atoms with E-state index in [9.17, 15) is 4.79 Å². The van der Waals surface area contributed by atoms with Gasteiger partial charge in [0.05, 0.1) is 12.1 Å². The van der Waals surface area contributed by atoms with E-state index in [1.165, 1.54) is 6.20 Å². The van der Waals surface area contributed by atoms with E-state index >= 15 is 0 Å². The third kappa shape index (κ3) is 2.83. The molecule has 1 unspecified atom stereocenters. The number of pyridine rings is 1. The summed E-state index contributed by atoms with van der Waals surface area (Å²) >= 11 is 4.83. The number of thiocarbonyl (C=S) groups is 1. The van der Waals surface area contributed by atoms with E-state index in [1.807, 2.05) is 6.92 Å². The normalized spacial score (nSPS) is 22.7. The third-order valence-electron chi connectivity index (χ3n) is 2.91. The van der Waals surface area contributed by atoms with Gasteiger partial charge >= 0.3 is 0 Å². The molecule has 1 fully saturated rings.